The van der Waals surface area contributed by atoms with Gasteiger partial charge in [0, 0.05) is 12.3 Å². The zero-order valence-electron chi connectivity index (χ0n) is 18.3. The molecule has 0 spiro atoms. The predicted octanol–water partition coefficient (Wildman–Crippen LogP) is 6.05. The van der Waals surface area contributed by atoms with Crippen LogP contribution in [0.15, 0.2) is 10.1 Å². The zero-order chi connectivity index (χ0) is 20.4. The van der Waals surface area contributed by atoms with Gasteiger partial charge in [-0.15, -0.1) is 0 Å². The maximum absolute atomic E-state index is 13.1. The van der Waals surface area contributed by atoms with Crippen molar-refractivity contribution in [3.63, 3.8) is 0 Å². The van der Waals surface area contributed by atoms with Crippen molar-refractivity contribution in [3.8, 4) is 0 Å². The maximum atomic E-state index is 13.1. The molecule has 2 fully saturated rings. The van der Waals surface area contributed by atoms with E-state index in [1.54, 1.807) is 11.1 Å². The van der Waals surface area contributed by atoms with Crippen LogP contribution in [0.1, 0.15) is 105 Å². The van der Waals surface area contributed by atoms with Crippen molar-refractivity contribution in [3.05, 3.63) is 0 Å². The lowest BCUT2D eigenvalue weighted by atomic mass is 9.94. The van der Waals surface area contributed by atoms with Crippen LogP contribution < -0.4 is 0 Å². The Morgan fingerprint density at radius 3 is 2.21 bits per heavy atom. The minimum Gasteiger partial charge on any atom is -0.443 e. The molecule has 0 unspecified atom stereocenters. The van der Waals surface area contributed by atoms with Gasteiger partial charge in [0.25, 0.3) is 0 Å². The number of carbonyl (C=O) groups excluding carboxylic acids is 1. The highest BCUT2D eigenvalue weighted by Crippen LogP contribution is 2.27. The molecule has 2 aliphatic rings. The van der Waals surface area contributed by atoms with Gasteiger partial charge >= 0.3 is 12.1 Å². The van der Waals surface area contributed by atoms with Gasteiger partial charge in [-0.05, 0) is 52.9 Å². The SMILES string of the molecule is CCCC=NOC(=NC1CCCCC1)N(C(=O)OC(C)(C)C)C1CCCCC1. The third-order valence-corrected chi connectivity index (χ3v) is 5.23. The van der Waals surface area contributed by atoms with Crippen molar-refractivity contribution in [1.82, 2.24) is 4.90 Å². The summed E-state index contributed by atoms with van der Waals surface area (Å²) in [5, 5.41) is 4.12. The summed E-state index contributed by atoms with van der Waals surface area (Å²) < 4.78 is 5.72. The lowest BCUT2D eigenvalue weighted by Gasteiger charge is -2.35. The molecule has 6 heteroatoms. The summed E-state index contributed by atoms with van der Waals surface area (Å²) in [7, 11) is 0. The number of unbranched alkanes of at least 4 members (excludes halogenated alkanes) is 1. The summed E-state index contributed by atoms with van der Waals surface area (Å²) in [4.78, 5) is 25.4. The van der Waals surface area contributed by atoms with Crippen molar-refractivity contribution >= 4 is 18.3 Å². The van der Waals surface area contributed by atoms with Crippen molar-refractivity contribution in [2.24, 2.45) is 10.1 Å². The minimum absolute atomic E-state index is 0.0623. The monoisotopic (exact) mass is 393 g/mol. The first-order valence-electron chi connectivity index (χ1n) is 11.2. The van der Waals surface area contributed by atoms with E-state index in [-0.39, 0.29) is 18.2 Å². The number of hydrogen-bond donors (Lipinski definition) is 0. The molecular weight excluding hydrogens is 354 g/mol. The van der Waals surface area contributed by atoms with E-state index in [1.807, 2.05) is 20.8 Å². The van der Waals surface area contributed by atoms with E-state index in [1.165, 1.54) is 25.7 Å². The number of hydrogen-bond acceptors (Lipinski definition) is 5. The quantitative estimate of drug-likeness (QED) is 0.324. The van der Waals surface area contributed by atoms with Crippen molar-refractivity contribution < 1.29 is 14.4 Å². The van der Waals surface area contributed by atoms with Crippen LogP contribution in [-0.4, -0.2) is 40.9 Å². The number of ether oxygens (including phenoxy) is 1. The Hall–Kier alpha value is -1.59. The average Bonchev–Trinajstić information content (AvgIpc) is 2.65. The molecule has 2 saturated carbocycles. The molecule has 0 heterocycles. The van der Waals surface area contributed by atoms with Crippen LogP contribution in [0.4, 0.5) is 4.79 Å². The first-order chi connectivity index (χ1) is 13.4. The summed E-state index contributed by atoms with van der Waals surface area (Å²) in [5.74, 6) is 0. The summed E-state index contributed by atoms with van der Waals surface area (Å²) in [6.07, 6.45) is 14.2. The Bertz CT molecular complexity index is 528. The van der Waals surface area contributed by atoms with Gasteiger partial charge in [-0.2, -0.15) is 0 Å². The molecule has 0 aromatic carbocycles. The second kappa shape index (κ2) is 11.4. The average molecular weight is 394 g/mol. The lowest BCUT2D eigenvalue weighted by Crippen LogP contribution is -2.48. The maximum Gasteiger partial charge on any atom is 0.418 e. The van der Waals surface area contributed by atoms with Crippen LogP contribution in [0.2, 0.25) is 0 Å². The molecule has 0 radical (unpaired) electrons. The number of nitrogens with zero attached hydrogens (tertiary/aromatic N) is 3. The number of rotatable bonds is 5. The van der Waals surface area contributed by atoms with Crippen molar-refractivity contribution in [1.29, 1.82) is 0 Å². The Balaban J connectivity index is 2.28. The molecule has 2 rings (SSSR count). The summed E-state index contributed by atoms with van der Waals surface area (Å²) in [6, 6.07) is 0.575. The number of amidine groups is 1. The molecule has 6 nitrogen and oxygen atoms in total. The largest absolute Gasteiger partial charge is 0.443 e. The van der Waals surface area contributed by atoms with E-state index in [0.717, 1.165) is 51.4 Å². The smallest absolute Gasteiger partial charge is 0.418 e. The molecule has 28 heavy (non-hydrogen) atoms. The number of amides is 1. The third kappa shape index (κ3) is 7.80. The normalized spacial score (nSPS) is 20.4. The van der Waals surface area contributed by atoms with Crippen LogP contribution in [0, 0.1) is 0 Å². The van der Waals surface area contributed by atoms with Gasteiger partial charge in [0.05, 0.1) is 6.04 Å². The number of carbonyl (C=O) groups is 1. The van der Waals surface area contributed by atoms with E-state index in [9.17, 15) is 4.79 Å². The Kier molecular flexibility index (Phi) is 9.26. The van der Waals surface area contributed by atoms with E-state index in [4.69, 9.17) is 14.6 Å². The van der Waals surface area contributed by atoms with Gasteiger partial charge in [0.15, 0.2) is 0 Å². The van der Waals surface area contributed by atoms with Crippen LogP contribution >= 0.6 is 0 Å². The molecule has 0 bridgehead atoms. The Morgan fingerprint density at radius 1 is 1.04 bits per heavy atom. The highest BCUT2D eigenvalue weighted by Gasteiger charge is 2.35. The highest BCUT2D eigenvalue weighted by atomic mass is 16.7. The minimum atomic E-state index is -0.564. The highest BCUT2D eigenvalue weighted by molar-refractivity contribution is 5.91. The molecule has 2 aliphatic carbocycles. The second-order valence-electron chi connectivity index (χ2n) is 9.01. The summed E-state index contributed by atoms with van der Waals surface area (Å²) in [5.41, 5.74) is -0.564. The van der Waals surface area contributed by atoms with Gasteiger partial charge < -0.3 is 9.57 Å². The summed E-state index contributed by atoms with van der Waals surface area (Å²) >= 11 is 0. The van der Waals surface area contributed by atoms with Crippen molar-refractivity contribution in [2.45, 2.75) is 122 Å². The van der Waals surface area contributed by atoms with Gasteiger partial charge in [0.1, 0.15) is 5.60 Å². The van der Waals surface area contributed by atoms with Gasteiger partial charge in [-0.1, -0.05) is 57.0 Å². The fourth-order valence-electron chi connectivity index (χ4n) is 3.80. The molecule has 0 aromatic rings. The number of oxime groups is 1. The van der Waals surface area contributed by atoms with Crippen LogP contribution in [0.3, 0.4) is 0 Å². The van der Waals surface area contributed by atoms with Crippen LogP contribution in [-0.2, 0) is 9.57 Å². The molecule has 160 valence electrons. The van der Waals surface area contributed by atoms with Gasteiger partial charge in [-0.25, -0.2) is 14.7 Å². The topological polar surface area (TPSA) is 63.5 Å². The molecule has 0 aromatic heterocycles. The number of aliphatic imine (C=N–C) groups is 1. The lowest BCUT2D eigenvalue weighted by molar-refractivity contribution is 0.0225. The molecule has 0 N–H and O–H groups in total. The van der Waals surface area contributed by atoms with E-state index in [2.05, 4.69) is 12.1 Å². The molecular formula is C22H39N3O3. The first-order valence-corrected chi connectivity index (χ1v) is 11.2. The van der Waals surface area contributed by atoms with E-state index >= 15 is 0 Å². The summed E-state index contributed by atoms with van der Waals surface area (Å²) in [6.45, 7) is 7.77. The van der Waals surface area contributed by atoms with Crippen molar-refractivity contribution in [2.75, 3.05) is 0 Å². The standard InChI is InChI=1S/C22H39N3O3/c1-5-6-17-23-28-20(24-18-13-9-7-10-14-18)25(19-15-11-8-12-16-19)21(26)27-22(2,3)4/h17-19H,5-16H2,1-4H3. The fourth-order valence-corrected chi connectivity index (χ4v) is 3.80. The predicted molar refractivity (Wildman–Crippen MR) is 114 cm³/mol. The van der Waals surface area contributed by atoms with Gasteiger partial charge in [-0.3, -0.25) is 0 Å². The Labute approximate surface area is 170 Å². The van der Waals surface area contributed by atoms with E-state index in [0.29, 0.717) is 6.02 Å². The fraction of sp³-hybridized carbons (Fsp3) is 0.864. The molecule has 0 saturated heterocycles. The first kappa shape index (κ1) is 22.7. The third-order valence-electron chi connectivity index (χ3n) is 5.23. The van der Waals surface area contributed by atoms with Crippen LogP contribution in [0.5, 0.6) is 0 Å². The molecule has 1 amide bonds. The Morgan fingerprint density at radius 2 is 1.64 bits per heavy atom. The second-order valence-corrected chi connectivity index (χ2v) is 9.01. The molecule has 0 aliphatic heterocycles. The molecule has 0 atom stereocenters. The van der Waals surface area contributed by atoms with Gasteiger partial charge in [0.2, 0.25) is 0 Å². The van der Waals surface area contributed by atoms with Crippen LogP contribution in [0.25, 0.3) is 0 Å². The zero-order valence-corrected chi connectivity index (χ0v) is 18.3. The van der Waals surface area contributed by atoms with E-state index < -0.39 is 5.60 Å².